The lowest BCUT2D eigenvalue weighted by atomic mass is 10.2. The summed E-state index contributed by atoms with van der Waals surface area (Å²) >= 11 is 0. The van der Waals surface area contributed by atoms with E-state index in [9.17, 15) is 19.8 Å². The Hall–Kier alpha value is -4.60. The lowest BCUT2D eigenvalue weighted by Crippen LogP contribution is -2.11. The highest BCUT2D eigenvalue weighted by Gasteiger charge is 2.12. The Morgan fingerprint density at radius 3 is 2.09 bits per heavy atom. The number of aromatic hydroxyl groups is 2. The molecule has 0 aliphatic carbocycles. The van der Waals surface area contributed by atoms with Crippen LogP contribution in [0.2, 0.25) is 0 Å². The van der Waals surface area contributed by atoms with Crippen molar-refractivity contribution in [1.82, 2.24) is 0 Å². The minimum atomic E-state index is -0.734. The van der Waals surface area contributed by atoms with Crippen LogP contribution >= 0.6 is 0 Å². The van der Waals surface area contributed by atoms with Crippen LogP contribution in [0.4, 0.5) is 11.4 Å². The number of carbonyl (C=O) groups is 2. The minimum Gasteiger partial charge on any atom is -0.508 e. The van der Waals surface area contributed by atoms with Gasteiger partial charge in [0.15, 0.2) is 11.5 Å². The van der Waals surface area contributed by atoms with E-state index in [-0.39, 0.29) is 22.6 Å². The van der Waals surface area contributed by atoms with E-state index in [1.165, 1.54) is 38.5 Å². The van der Waals surface area contributed by atoms with Gasteiger partial charge in [0.05, 0.1) is 36.7 Å². The molecule has 0 aromatic heterocycles. The minimum absolute atomic E-state index is 0.00777. The monoisotopic (exact) mass is 437 g/mol. The summed E-state index contributed by atoms with van der Waals surface area (Å²) in [6.07, 6.45) is 0. The van der Waals surface area contributed by atoms with Gasteiger partial charge in [0.1, 0.15) is 11.5 Å². The highest BCUT2D eigenvalue weighted by Crippen LogP contribution is 2.28. The van der Waals surface area contributed by atoms with Crippen LogP contribution in [-0.4, -0.2) is 36.3 Å². The molecule has 3 aromatic carbocycles. The number of hydrogen-bond acceptors (Lipinski definition) is 9. The zero-order chi connectivity index (χ0) is 23.1. The predicted molar refractivity (Wildman–Crippen MR) is 114 cm³/mol. The topological polar surface area (TPSA) is 139 Å². The SMILES string of the molecule is COc1ccc(C(=O)ONc2ccc(N=NC(=O)c3cc(O)cc(O)c3)cc2)cc1OC. The maximum atomic E-state index is 12.2. The quantitative estimate of drug-likeness (QED) is 0.369. The molecule has 0 unspecified atom stereocenters. The number of carbonyl (C=O) groups excluding carboxylic acids is 2. The number of phenolic OH excluding ortho intramolecular Hbond substituents is 2. The Balaban J connectivity index is 1.59. The van der Waals surface area contributed by atoms with E-state index >= 15 is 0 Å². The summed E-state index contributed by atoms with van der Waals surface area (Å²) in [7, 11) is 2.96. The smallest absolute Gasteiger partial charge is 0.362 e. The van der Waals surface area contributed by atoms with E-state index in [2.05, 4.69) is 15.7 Å². The molecule has 0 spiro atoms. The number of nitrogens with one attached hydrogen (secondary N) is 1. The molecule has 0 atom stereocenters. The molecule has 3 rings (SSSR count). The van der Waals surface area contributed by atoms with Crippen molar-refractivity contribution in [3.63, 3.8) is 0 Å². The number of azo groups is 1. The average molecular weight is 437 g/mol. The Morgan fingerprint density at radius 2 is 1.47 bits per heavy atom. The number of nitrogens with zero attached hydrogens (tertiary/aromatic N) is 2. The number of benzene rings is 3. The van der Waals surface area contributed by atoms with Gasteiger partial charge in [0.2, 0.25) is 0 Å². The van der Waals surface area contributed by atoms with Crippen molar-refractivity contribution in [3.8, 4) is 23.0 Å². The molecule has 164 valence electrons. The Bertz CT molecular complexity index is 1140. The molecule has 0 heterocycles. The summed E-state index contributed by atoms with van der Waals surface area (Å²) in [6, 6.07) is 14.3. The van der Waals surface area contributed by atoms with Gasteiger partial charge in [-0.3, -0.25) is 4.79 Å². The molecule has 10 heteroatoms. The molecule has 0 radical (unpaired) electrons. The maximum absolute atomic E-state index is 12.2. The third kappa shape index (κ3) is 5.51. The van der Waals surface area contributed by atoms with E-state index < -0.39 is 11.9 Å². The third-order valence-corrected chi connectivity index (χ3v) is 4.15. The van der Waals surface area contributed by atoms with E-state index in [1.807, 2.05) is 0 Å². The summed E-state index contributed by atoms with van der Waals surface area (Å²) in [5.74, 6) is -1.01. The standard InChI is InChI=1S/C22H19N3O7/c1-30-19-8-3-13(11-20(19)31-2)22(29)32-25-16-6-4-15(5-7-16)23-24-21(28)14-9-17(26)12-18(27)10-14/h3-12,25-27H,1-2H3. The van der Waals surface area contributed by atoms with Crippen LogP contribution in [-0.2, 0) is 4.84 Å². The van der Waals surface area contributed by atoms with E-state index in [0.717, 1.165) is 6.07 Å². The average Bonchev–Trinajstić information content (AvgIpc) is 2.80. The van der Waals surface area contributed by atoms with Crippen molar-refractivity contribution in [2.45, 2.75) is 0 Å². The van der Waals surface area contributed by atoms with Crippen LogP contribution in [0.15, 0.2) is 70.9 Å². The van der Waals surface area contributed by atoms with E-state index in [1.54, 1.807) is 30.3 Å². The van der Waals surface area contributed by atoms with Crippen LogP contribution in [0.25, 0.3) is 0 Å². The first-order chi connectivity index (χ1) is 15.4. The zero-order valence-corrected chi connectivity index (χ0v) is 17.1. The molecule has 0 aliphatic heterocycles. The van der Waals surface area contributed by atoms with Crippen molar-refractivity contribution in [2.24, 2.45) is 10.2 Å². The summed E-state index contributed by atoms with van der Waals surface area (Å²) in [4.78, 5) is 29.3. The molecule has 1 amide bonds. The van der Waals surface area contributed by atoms with Gasteiger partial charge >= 0.3 is 5.97 Å². The Kier molecular flexibility index (Phi) is 6.86. The Morgan fingerprint density at radius 1 is 0.812 bits per heavy atom. The molecule has 10 nitrogen and oxygen atoms in total. The normalized spacial score (nSPS) is 10.6. The fraction of sp³-hybridized carbons (Fsp3) is 0.0909. The first-order valence-corrected chi connectivity index (χ1v) is 9.18. The van der Waals surface area contributed by atoms with Crippen LogP contribution in [0.1, 0.15) is 20.7 Å². The predicted octanol–water partition coefficient (Wildman–Crippen LogP) is 4.22. The van der Waals surface area contributed by atoms with Gasteiger partial charge in [-0.05, 0) is 54.6 Å². The number of amides is 1. The van der Waals surface area contributed by atoms with Gasteiger partial charge in [-0.25, -0.2) is 10.3 Å². The summed E-state index contributed by atoms with van der Waals surface area (Å²) in [6.45, 7) is 0. The molecule has 3 aromatic rings. The lowest BCUT2D eigenvalue weighted by molar-refractivity contribution is 0.0596. The molecule has 32 heavy (non-hydrogen) atoms. The zero-order valence-electron chi connectivity index (χ0n) is 17.1. The van der Waals surface area contributed by atoms with Gasteiger partial charge in [0.25, 0.3) is 5.91 Å². The first kappa shape index (κ1) is 22.1. The molecule has 0 bridgehead atoms. The van der Waals surface area contributed by atoms with Gasteiger partial charge < -0.3 is 24.5 Å². The number of rotatable bonds is 7. The van der Waals surface area contributed by atoms with Crippen molar-refractivity contribution >= 4 is 23.3 Å². The van der Waals surface area contributed by atoms with Crippen molar-refractivity contribution in [3.05, 3.63) is 71.8 Å². The fourth-order valence-corrected chi connectivity index (χ4v) is 2.60. The molecule has 3 N–H and O–H groups in total. The van der Waals surface area contributed by atoms with Crippen LogP contribution in [0.5, 0.6) is 23.0 Å². The number of ether oxygens (including phenoxy) is 2. The summed E-state index contributed by atoms with van der Waals surface area (Å²) in [5, 5.41) is 26.2. The maximum Gasteiger partial charge on any atom is 0.362 e. The lowest BCUT2D eigenvalue weighted by Gasteiger charge is -2.10. The van der Waals surface area contributed by atoms with Crippen molar-refractivity contribution in [2.75, 3.05) is 19.7 Å². The molecular formula is C22H19N3O7. The molecule has 0 saturated carbocycles. The van der Waals surface area contributed by atoms with Gasteiger partial charge in [-0.2, -0.15) is 0 Å². The van der Waals surface area contributed by atoms with Gasteiger partial charge in [0, 0.05) is 6.07 Å². The van der Waals surface area contributed by atoms with Crippen LogP contribution < -0.4 is 15.0 Å². The summed E-state index contributed by atoms with van der Waals surface area (Å²) < 4.78 is 10.3. The van der Waals surface area contributed by atoms with Gasteiger partial charge in [-0.15, -0.1) is 10.2 Å². The second kappa shape index (κ2) is 9.94. The van der Waals surface area contributed by atoms with Crippen molar-refractivity contribution in [1.29, 1.82) is 0 Å². The fourth-order valence-electron chi connectivity index (χ4n) is 2.60. The number of phenols is 2. The largest absolute Gasteiger partial charge is 0.508 e. The number of methoxy groups -OCH3 is 2. The number of hydrogen-bond donors (Lipinski definition) is 3. The first-order valence-electron chi connectivity index (χ1n) is 9.18. The molecule has 0 saturated heterocycles. The third-order valence-electron chi connectivity index (χ3n) is 4.15. The van der Waals surface area contributed by atoms with Crippen LogP contribution in [0.3, 0.4) is 0 Å². The highest BCUT2D eigenvalue weighted by atomic mass is 16.7. The summed E-state index contributed by atoms with van der Waals surface area (Å²) in [5.41, 5.74) is 3.60. The second-order valence-electron chi connectivity index (χ2n) is 6.35. The van der Waals surface area contributed by atoms with Crippen molar-refractivity contribution < 1.29 is 34.1 Å². The molecular weight excluding hydrogens is 418 g/mol. The van der Waals surface area contributed by atoms with Crippen LogP contribution in [0, 0.1) is 0 Å². The van der Waals surface area contributed by atoms with E-state index in [0.29, 0.717) is 22.9 Å². The van der Waals surface area contributed by atoms with Gasteiger partial charge in [-0.1, -0.05) is 0 Å². The highest BCUT2D eigenvalue weighted by molar-refractivity contribution is 5.95. The number of anilines is 1. The molecule has 0 aliphatic rings. The van der Waals surface area contributed by atoms with E-state index in [4.69, 9.17) is 14.3 Å². The molecule has 0 fully saturated rings. The second-order valence-corrected chi connectivity index (χ2v) is 6.35. The Labute approximate surface area is 182 Å².